The monoisotopic (exact) mass is 460 g/mol. The van der Waals surface area contributed by atoms with E-state index < -0.39 is 35.0 Å². The van der Waals surface area contributed by atoms with Gasteiger partial charge >= 0.3 is 17.8 Å². The van der Waals surface area contributed by atoms with Crippen LogP contribution in [0, 0.1) is 12.8 Å². The summed E-state index contributed by atoms with van der Waals surface area (Å²) in [4.78, 5) is 53.9. The van der Waals surface area contributed by atoms with Crippen molar-refractivity contribution in [2.75, 3.05) is 6.61 Å². The molecule has 0 spiro atoms. The Bertz CT molecular complexity index is 1110. The van der Waals surface area contributed by atoms with Crippen LogP contribution in [0.1, 0.15) is 45.9 Å². The molecule has 0 aliphatic heterocycles. The van der Waals surface area contributed by atoms with Crippen molar-refractivity contribution in [2.24, 2.45) is 13.0 Å². The fourth-order valence-corrected chi connectivity index (χ4v) is 2.84. The number of pyridine rings is 1. The molecule has 0 aliphatic rings. The van der Waals surface area contributed by atoms with Crippen LogP contribution in [0.15, 0.2) is 34.0 Å². The lowest BCUT2D eigenvalue weighted by Gasteiger charge is -2.23. The smallest absolute Gasteiger partial charge is 0.408 e. The highest BCUT2D eigenvalue weighted by Gasteiger charge is 2.26. The first-order chi connectivity index (χ1) is 15.3. The zero-order valence-electron chi connectivity index (χ0n) is 20.2. The van der Waals surface area contributed by atoms with Crippen LogP contribution in [0.2, 0.25) is 0 Å². The van der Waals surface area contributed by atoms with E-state index in [-0.39, 0.29) is 24.8 Å². The van der Waals surface area contributed by atoms with Crippen LogP contribution in [-0.2, 0) is 27.7 Å². The van der Waals surface area contributed by atoms with E-state index >= 15 is 0 Å². The molecule has 10 nitrogen and oxygen atoms in total. The zero-order chi connectivity index (χ0) is 24.9. The summed E-state index contributed by atoms with van der Waals surface area (Å²) in [6.45, 7) is 10.9. The summed E-state index contributed by atoms with van der Waals surface area (Å²) >= 11 is 0. The highest BCUT2D eigenvalue weighted by molar-refractivity contribution is 5.81. The molecule has 0 fully saturated rings. The van der Waals surface area contributed by atoms with Crippen LogP contribution >= 0.6 is 0 Å². The quantitative estimate of drug-likeness (QED) is 0.626. The second-order valence-corrected chi connectivity index (χ2v) is 9.25. The lowest BCUT2D eigenvalue weighted by atomic mass is 10.1. The minimum atomic E-state index is -0.999. The van der Waals surface area contributed by atoms with Crippen molar-refractivity contribution in [1.82, 2.24) is 19.4 Å². The predicted octanol–water partition coefficient (Wildman–Crippen LogP) is 1.87. The van der Waals surface area contributed by atoms with Gasteiger partial charge in [0.1, 0.15) is 17.5 Å². The van der Waals surface area contributed by atoms with Crippen LogP contribution in [0.4, 0.5) is 4.79 Å². The molecule has 10 heteroatoms. The molecule has 0 bridgehead atoms. The van der Waals surface area contributed by atoms with Crippen LogP contribution in [0.25, 0.3) is 5.82 Å². The first kappa shape index (κ1) is 25.8. The number of aromatic nitrogens is 3. The van der Waals surface area contributed by atoms with Gasteiger partial charge in [-0.2, -0.15) is 0 Å². The van der Waals surface area contributed by atoms with Gasteiger partial charge in [-0.1, -0.05) is 19.9 Å². The maximum atomic E-state index is 12.6. The van der Waals surface area contributed by atoms with E-state index in [0.717, 1.165) is 4.57 Å². The van der Waals surface area contributed by atoms with Gasteiger partial charge < -0.3 is 19.4 Å². The molecule has 33 heavy (non-hydrogen) atoms. The Morgan fingerprint density at radius 3 is 2.39 bits per heavy atom. The fraction of sp³-hybridized carbons (Fsp3) is 0.522. The fourth-order valence-electron chi connectivity index (χ4n) is 2.84. The molecule has 0 aromatic carbocycles. The summed E-state index contributed by atoms with van der Waals surface area (Å²) in [5.74, 6) is -0.307. The first-order valence-corrected chi connectivity index (χ1v) is 10.7. The minimum absolute atomic E-state index is 0.0876. The average molecular weight is 461 g/mol. The van der Waals surface area contributed by atoms with Crippen LogP contribution < -0.4 is 16.6 Å². The summed E-state index contributed by atoms with van der Waals surface area (Å²) in [5.41, 5.74) is -0.598. The van der Waals surface area contributed by atoms with Gasteiger partial charge in [-0.15, -0.1) is 0 Å². The molecule has 0 saturated heterocycles. The summed E-state index contributed by atoms with van der Waals surface area (Å²) < 4.78 is 12.9. The second kappa shape index (κ2) is 10.5. The van der Waals surface area contributed by atoms with Gasteiger partial charge in [-0.05, 0) is 45.2 Å². The van der Waals surface area contributed by atoms with Crippen LogP contribution in [-0.4, -0.2) is 44.4 Å². The highest BCUT2D eigenvalue weighted by atomic mass is 16.6. The summed E-state index contributed by atoms with van der Waals surface area (Å²) in [7, 11) is 1.57. The number of amides is 1. The van der Waals surface area contributed by atoms with Gasteiger partial charge in [0.05, 0.1) is 6.61 Å². The molecular formula is C23H32N4O6. The van der Waals surface area contributed by atoms with Crippen molar-refractivity contribution in [1.29, 1.82) is 0 Å². The zero-order valence-corrected chi connectivity index (χ0v) is 20.2. The van der Waals surface area contributed by atoms with E-state index in [0.29, 0.717) is 11.3 Å². The van der Waals surface area contributed by atoms with Gasteiger partial charge in [0.15, 0.2) is 0 Å². The third-order valence-corrected chi connectivity index (χ3v) is 4.57. The maximum absolute atomic E-state index is 12.6. The molecule has 0 radical (unpaired) electrons. The number of nitrogens with zero attached hydrogens (tertiary/aromatic N) is 3. The molecule has 1 atom stereocenters. The van der Waals surface area contributed by atoms with Crippen LogP contribution in [0.3, 0.4) is 0 Å². The Balaban J connectivity index is 2.26. The normalized spacial score (nSPS) is 12.4. The number of hydrogen-bond acceptors (Lipinski definition) is 7. The van der Waals surface area contributed by atoms with E-state index in [1.807, 2.05) is 13.8 Å². The van der Waals surface area contributed by atoms with Gasteiger partial charge in [-0.3, -0.25) is 4.79 Å². The van der Waals surface area contributed by atoms with Crippen molar-refractivity contribution in [3.63, 3.8) is 0 Å². The minimum Gasteiger partial charge on any atom is -0.464 e. The number of rotatable bonds is 7. The third kappa shape index (κ3) is 7.30. The van der Waals surface area contributed by atoms with Gasteiger partial charge in [0, 0.05) is 31.4 Å². The third-order valence-electron chi connectivity index (χ3n) is 4.57. The molecule has 1 N–H and O–H groups in total. The Morgan fingerprint density at radius 1 is 1.18 bits per heavy atom. The van der Waals surface area contributed by atoms with Crippen LogP contribution in [0.5, 0.6) is 0 Å². The summed E-state index contributed by atoms with van der Waals surface area (Å²) in [6, 6.07) is 3.49. The van der Waals surface area contributed by atoms with Gasteiger partial charge in [0.2, 0.25) is 0 Å². The molecule has 1 amide bonds. The van der Waals surface area contributed by atoms with Crippen molar-refractivity contribution in [3.8, 4) is 5.82 Å². The second-order valence-electron chi connectivity index (χ2n) is 9.25. The number of carbonyl (C=O) groups excluding carboxylic acids is 2. The number of nitrogens with one attached hydrogen (secondary N) is 1. The number of hydrogen-bond donors (Lipinski definition) is 1. The summed E-state index contributed by atoms with van der Waals surface area (Å²) in [5, 5.41) is 2.55. The number of aryl methyl sites for hydroxylation is 1. The van der Waals surface area contributed by atoms with E-state index in [4.69, 9.17) is 9.47 Å². The largest absolute Gasteiger partial charge is 0.464 e. The van der Waals surface area contributed by atoms with E-state index in [1.54, 1.807) is 40.8 Å². The highest BCUT2D eigenvalue weighted by Crippen LogP contribution is 2.10. The Morgan fingerprint density at radius 2 is 1.85 bits per heavy atom. The molecule has 180 valence electrons. The average Bonchev–Trinajstić information content (AvgIpc) is 2.69. The number of carbonyl (C=O) groups is 2. The lowest BCUT2D eigenvalue weighted by Crippen LogP contribution is -2.45. The van der Waals surface area contributed by atoms with Gasteiger partial charge in [0.25, 0.3) is 5.56 Å². The molecule has 0 aliphatic carbocycles. The van der Waals surface area contributed by atoms with E-state index in [2.05, 4.69) is 10.3 Å². The number of esters is 1. The standard InChI is InChI=1S/C23H32N4O6/c1-14(2)13-32-20(29)17(25-21(30)33-23(4,5)6)11-16-8-9-18(24-12-16)27-19(28)10-15(3)26(7)22(27)31/h8-10,12,14,17H,11,13H2,1-7H3,(H,25,30)/t17-/m0/s1. The SMILES string of the molecule is Cc1cc(=O)n(-c2ccc(C[C@H](NC(=O)OC(C)(C)C)C(=O)OCC(C)C)cn2)c(=O)n1C. The van der Waals surface area contributed by atoms with Crippen molar-refractivity contribution < 1.29 is 19.1 Å². The number of alkyl carbamates (subject to hydrolysis) is 1. The molecule has 2 heterocycles. The Labute approximate surface area is 192 Å². The van der Waals surface area contributed by atoms with E-state index in [9.17, 15) is 19.2 Å². The van der Waals surface area contributed by atoms with Crippen molar-refractivity contribution in [2.45, 2.75) is 59.6 Å². The van der Waals surface area contributed by atoms with Gasteiger partial charge in [-0.25, -0.2) is 23.9 Å². The molecule has 2 aromatic rings. The van der Waals surface area contributed by atoms with Crippen molar-refractivity contribution >= 4 is 12.1 Å². The van der Waals surface area contributed by atoms with Crippen molar-refractivity contribution in [3.05, 3.63) is 56.5 Å². The molecule has 2 rings (SSSR count). The lowest BCUT2D eigenvalue weighted by molar-refractivity contribution is -0.147. The number of ether oxygens (including phenoxy) is 2. The Kier molecular flexibility index (Phi) is 8.18. The van der Waals surface area contributed by atoms with E-state index in [1.165, 1.54) is 22.9 Å². The molecule has 0 unspecified atom stereocenters. The molecular weight excluding hydrogens is 428 g/mol. The molecule has 0 saturated carbocycles. The topological polar surface area (TPSA) is 122 Å². The summed E-state index contributed by atoms with van der Waals surface area (Å²) in [6.07, 6.45) is 0.790. The first-order valence-electron chi connectivity index (χ1n) is 10.7. The molecule has 2 aromatic heterocycles. The Hall–Kier alpha value is -3.43. The predicted molar refractivity (Wildman–Crippen MR) is 122 cm³/mol. The maximum Gasteiger partial charge on any atom is 0.408 e.